The molecule has 3 aromatic rings. The Morgan fingerprint density at radius 1 is 1.11 bits per heavy atom. The molecule has 0 atom stereocenters. The van der Waals surface area contributed by atoms with Gasteiger partial charge in [-0.15, -0.1) is 0 Å². The summed E-state index contributed by atoms with van der Waals surface area (Å²) in [4.78, 5) is 3.14. The van der Waals surface area contributed by atoms with Gasteiger partial charge in [0.2, 0.25) is 0 Å². The Bertz CT molecular complexity index is 774. The van der Waals surface area contributed by atoms with Gasteiger partial charge in [-0.05, 0) is 48.6 Å². The molecule has 1 aromatic heterocycles. The van der Waals surface area contributed by atoms with Crippen molar-refractivity contribution in [1.82, 2.24) is 9.55 Å². The van der Waals surface area contributed by atoms with Gasteiger partial charge in [0, 0.05) is 10.2 Å². The van der Waals surface area contributed by atoms with Crippen LogP contribution in [0.1, 0.15) is 0 Å². The molecule has 1 heterocycles. The maximum atomic E-state index is 6.16. The molecule has 0 saturated carbocycles. The molecule has 0 aliphatic rings. The van der Waals surface area contributed by atoms with Gasteiger partial charge in [-0.3, -0.25) is 4.57 Å². The Hall–Kier alpha value is -1.10. The molecule has 2 aromatic carbocycles. The lowest BCUT2D eigenvalue weighted by molar-refractivity contribution is 1.06. The molecule has 1 N–H and O–H groups in total. The van der Waals surface area contributed by atoms with E-state index in [1.807, 2.05) is 47.0 Å². The minimum Gasteiger partial charge on any atom is -0.329 e. The van der Waals surface area contributed by atoms with Crippen LogP contribution in [0.5, 0.6) is 0 Å². The van der Waals surface area contributed by atoms with Crippen LogP contribution in [0.2, 0.25) is 5.02 Å². The number of fused-ring (bicyclic) bond motifs is 1. The Morgan fingerprint density at radius 3 is 2.56 bits per heavy atom. The first kappa shape index (κ1) is 12.0. The van der Waals surface area contributed by atoms with Crippen molar-refractivity contribution in [2.24, 2.45) is 0 Å². The first-order valence-electron chi connectivity index (χ1n) is 5.32. The van der Waals surface area contributed by atoms with E-state index in [1.165, 1.54) is 0 Å². The number of hydrogen-bond acceptors (Lipinski definition) is 1. The van der Waals surface area contributed by atoms with E-state index in [4.69, 9.17) is 23.8 Å². The van der Waals surface area contributed by atoms with Gasteiger partial charge in [-0.2, -0.15) is 0 Å². The average molecular weight is 340 g/mol. The minimum absolute atomic E-state index is 0.639. The van der Waals surface area contributed by atoms with Crippen molar-refractivity contribution in [2.45, 2.75) is 0 Å². The lowest BCUT2D eigenvalue weighted by Crippen LogP contribution is -1.93. The maximum Gasteiger partial charge on any atom is 0.182 e. The Morgan fingerprint density at radius 2 is 1.83 bits per heavy atom. The van der Waals surface area contributed by atoms with E-state index in [2.05, 4.69) is 20.9 Å². The third-order valence-corrected chi connectivity index (χ3v) is 3.88. The van der Waals surface area contributed by atoms with E-state index in [-0.39, 0.29) is 0 Å². The Labute approximate surface area is 122 Å². The van der Waals surface area contributed by atoms with Crippen molar-refractivity contribution in [2.75, 3.05) is 0 Å². The molecule has 0 fully saturated rings. The molecule has 5 heteroatoms. The van der Waals surface area contributed by atoms with Crippen molar-refractivity contribution < 1.29 is 0 Å². The van der Waals surface area contributed by atoms with Crippen molar-refractivity contribution in [3.63, 3.8) is 0 Å². The normalized spacial score (nSPS) is 11.0. The van der Waals surface area contributed by atoms with E-state index in [0.717, 1.165) is 21.2 Å². The summed E-state index contributed by atoms with van der Waals surface area (Å²) < 4.78 is 3.65. The van der Waals surface area contributed by atoms with Crippen LogP contribution < -0.4 is 0 Å². The number of para-hydroxylation sites is 1. The molecular weight excluding hydrogens is 332 g/mol. The van der Waals surface area contributed by atoms with Crippen LogP contribution in [-0.2, 0) is 0 Å². The molecule has 0 aliphatic carbocycles. The predicted molar refractivity (Wildman–Crippen MR) is 81.2 cm³/mol. The van der Waals surface area contributed by atoms with Crippen LogP contribution in [0.25, 0.3) is 16.7 Å². The van der Waals surface area contributed by atoms with Gasteiger partial charge >= 0.3 is 0 Å². The van der Waals surface area contributed by atoms with E-state index in [9.17, 15) is 0 Å². The number of rotatable bonds is 1. The fourth-order valence-electron chi connectivity index (χ4n) is 1.94. The molecule has 0 bridgehead atoms. The number of imidazole rings is 1. The Kier molecular flexibility index (Phi) is 3.01. The standard InChI is InChI=1S/C13H8BrClN2S/c14-8-4-6-9(7-5-8)17-11-3-1-2-10(15)12(11)16-13(17)18/h1-7H,(H,16,18). The average Bonchev–Trinajstić information content (AvgIpc) is 2.69. The number of aromatic nitrogens is 2. The highest BCUT2D eigenvalue weighted by atomic mass is 79.9. The summed E-state index contributed by atoms with van der Waals surface area (Å²) in [5.41, 5.74) is 2.86. The zero-order chi connectivity index (χ0) is 12.7. The second-order valence-electron chi connectivity index (χ2n) is 3.88. The quantitative estimate of drug-likeness (QED) is 0.611. The second-order valence-corrected chi connectivity index (χ2v) is 5.59. The molecule has 0 aliphatic heterocycles. The molecule has 0 radical (unpaired) electrons. The van der Waals surface area contributed by atoms with Crippen molar-refractivity contribution in [3.05, 3.63) is 56.7 Å². The smallest absolute Gasteiger partial charge is 0.182 e. The number of nitrogens with one attached hydrogen (secondary N) is 1. The van der Waals surface area contributed by atoms with E-state index in [1.54, 1.807) is 0 Å². The zero-order valence-electron chi connectivity index (χ0n) is 9.15. The van der Waals surface area contributed by atoms with Gasteiger partial charge in [0.15, 0.2) is 4.77 Å². The molecule has 90 valence electrons. The first-order chi connectivity index (χ1) is 8.66. The highest BCUT2D eigenvalue weighted by Crippen LogP contribution is 2.25. The van der Waals surface area contributed by atoms with Crippen molar-refractivity contribution >= 4 is 50.8 Å². The molecule has 0 amide bonds. The summed E-state index contributed by atoms with van der Waals surface area (Å²) in [6.45, 7) is 0. The lowest BCUT2D eigenvalue weighted by Gasteiger charge is -2.04. The monoisotopic (exact) mass is 338 g/mol. The van der Waals surface area contributed by atoms with Crippen LogP contribution in [0.4, 0.5) is 0 Å². The van der Waals surface area contributed by atoms with Gasteiger partial charge in [-0.25, -0.2) is 0 Å². The lowest BCUT2D eigenvalue weighted by atomic mass is 10.3. The number of aromatic amines is 1. The largest absolute Gasteiger partial charge is 0.329 e. The summed E-state index contributed by atoms with van der Waals surface area (Å²) in [5, 5.41) is 0.675. The molecule has 2 nitrogen and oxygen atoms in total. The molecular formula is C13H8BrClN2S. The van der Waals surface area contributed by atoms with Crippen LogP contribution in [0, 0.1) is 4.77 Å². The Balaban J connectivity index is 2.35. The van der Waals surface area contributed by atoms with Crippen LogP contribution in [-0.4, -0.2) is 9.55 Å². The number of halogens is 2. The third-order valence-electron chi connectivity index (χ3n) is 2.75. The van der Waals surface area contributed by atoms with Crippen molar-refractivity contribution in [1.29, 1.82) is 0 Å². The highest BCUT2D eigenvalue weighted by molar-refractivity contribution is 9.10. The van der Waals surface area contributed by atoms with Crippen LogP contribution in [0.3, 0.4) is 0 Å². The fraction of sp³-hybridized carbons (Fsp3) is 0. The third kappa shape index (κ3) is 1.90. The number of nitrogens with zero attached hydrogens (tertiary/aromatic N) is 1. The van der Waals surface area contributed by atoms with Crippen molar-refractivity contribution in [3.8, 4) is 5.69 Å². The van der Waals surface area contributed by atoms with Gasteiger partial charge in [0.25, 0.3) is 0 Å². The molecule has 3 rings (SSSR count). The first-order valence-corrected chi connectivity index (χ1v) is 6.90. The van der Waals surface area contributed by atoms with E-state index in [0.29, 0.717) is 9.79 Å². The number of H-pyrrole nitrogens is 1. The summed E-state index contributed by atoms with van der Waals surface area (Å²) in [5.74, 6) is 0. The summed E-state index contributed by atoms with van der Waals surface area (Å²) in [6.07, 6.45) is 0. The van der Waals surface area contributed by atoms with E-state index < -0.39 is 0 Å². The molecule has 0 saturated heterocycles. The highest BCUT2D eigenvalue weighted by Gasteiger charge is 2.08. The summed E-state index contributed by atoms with van der Waals surface area (Å²) in [7, 11) is 0. The van der Waals surface area contributed by atoms with Gasteiger partial charge in [-0.1, -0.05) is 33.6 Å². The van der Waals surface area contributed by atoms with Gasteiger partial charge in [0.05, 0.1) is 16.1 Å². The van der Waals surface area contributed by atoms with Gasteiger partial charge < -0.3 is 4.98 Å². The summed E-state index contributed by atoms with van der Waals surface area (Å²) in [6, 6.07) is 13.8. The van der Waals surface area contributed by atoms with Crippen LogP contribution in [0.15, 0.2) is 46.9 Å². The second kappa shape index (κ2) is 4.53. The maximum absolute atomic E-state index is 6.16. The number of benzene rings is 2. The summed E-state index contributed by atoms with van der Waals surface area (Å²) >= 11 is 14.9. The zero-order valence-corrected chi connectivity index (χ0v) is 12.3. The van der Waals surface area contributed by atoms with Crippen LogP contribution >= 0.6 is 39.7 Å². The van der Waals surface area contributed by atoms with Gasteiger partial charge in [0.1, 0.15) is 0 Å². The molecule has 0 spiro atoms. The minimum atomic E-state index is 0.639. The predicted octanol–water partition coefficient (Wildman–Crippen LogP) is 5.10. The van der Waals surface area contributed by atoms with E-state index >= 15 is 0 Å². The topological polar surface area (TPSA) is 20.7 Å². The molecule has 18 heavy (non-hydrogen) atoms. The SMILES string of the molecule is S=c1[nH]c2c(Cl)cccc2n1-c1ccc(Br)cc1. The molecule has 0 unspecified atom stereocenters. The fourth-order valence-corrected chi connectivity index (χ4v) is 2.73. The number of hydrogen-bond donors (Lipinski definition) is 1.